The number of rotatable bonds is 10. The molecule has 7 heteroatoms. The highest BCUT2D eigenvalue weighted by atomic mass is 16.4. The fourth-order valence-electron chi connectivity index (χ4n) is 2.71. The van der Waals surface area contributed by atoms with Crippen molar-refractivity contribution in [2.45, 2.75) is 58.7 Å². The summed E-state index contributed by atoms with van der Waals surface area (Å²) >= 11 is 0. The van der Waals surface area contributed by atoms with E-state index in [2.05, 4.69) is 10.6 Å². The van der Waals surface area contributed by atoms with Crippen molar-refractivity contribution in [3.05, 3.63) is 35.9 Å². The molecule has 27 heavy (non-hydrogen) atoms. The molecule has 2 amide bonds. The molecule has 3 unspecified atom stereocenters. The van der Waals surface area contributed by atoms with Crippen molar-refractivity contribution in [1.82, 2.24) is 10.6 Å². The highest BCUT2D eigenvalue weighted by Crippen LogP contribution is 2.09. The van der Waals surface area contributed by atoms with Crippen molar-refractivity contribution in [3.8, 4) is 0 Å². The van der Waals surface area contributed by atoms with E-state index in [-0.39, 0.29) is 11.8 Å². The lowest BCUT2D eigenvalue weighted by Gasteiger charge is -2.25. The van der Waals surface area contributed by atoms with E-state index in [9.17, 15) is 19.5 Å². The lowest BCUT2D eigenvalue weighted by atomic mass is 9.99. The Morgan fingerprint density at radius 2 is 1.59 bits per heavy atom. The lowest BCUT2D eigenvalue weighted by Crippen LogP contribution is -2.56. The largest absolute Gasteiger partial charge is 0.480 e. The average Bonchev–Trinajstić information content (AvgIpc) is 2.58. The average molecular weight is 377 g/mol. The van der Waals surface area contributed by atoms with Crippen LogP contribution in [0.5, 0.6) is 0 Å². The van der Waals surface area contributed by atoms with Gasteiger partial charge in [-0.05, 0) is 30.2 Å². The van der Waals surface area contributed by atoms with Gasteiger partial charge in [-0.2, -0.15) is 0 Å². The third kappa shape index (κ3) is 7.78. The molecule has 0 radical (unpaired) electrons. The maximum atomic E-state index is 12.6. The van der Waals surface area contributed by atoms with Gasteiger partial charge in [-0.3, -0.25) is 9.59 Å². The highest BCUT2D eigenvalue weighted by Gasteiger charge is 2.29. The second kappa shape index (κ2) is 10.7. The molecule has 7 nitrogen and oxygen atoms in total. The fourth-order valence-corrected chi connectivity index (χ4v) is 2.71. The summed E-state index contributed by atoms with van der Waals surface area (Å²) in [5.41, 5.74) is 6.91. The maximum absolute atomic E-state index is 12.6. The van der Waals surface area contributed by atoms with E-state index in [0.29, 0.717) is 12.8 Å². The molecule has 1 rings (SSSR count). The van der Waals surface area contributed by atoms with Crippen LogP contribution in [-0.4, -0.2) is 41.0 Å². The number of carbonyl (C=O) groups is 3. The number of hydrogen-bond acceptors (Lipinski definition) is 4. The Morgan fingerprint density at radius 1 is 1.00 bits per heavy atom. The standard InChI is InChI=1S/C20H31N3O4/c1-12(2)10-16(19(25)23-17(13(3)4)20(26)27)22-18(24)15(21)11-14-8-6-5-7-9-14/h5-9,12-13,15-17H,10-11,21H2,1-4H3,(H,22,24)(H,23,25)(H,26,27). The maximum Gasteiger partial charge on any atom is 0.326 e. The number of amides is 2. The number of nitrogens with one attached hydrogen (secondary N) is 2. The quantitative estimate of drug-likeness (QED) is 0.490. The molecule has 0 fully saturated rings. The summed E-state index contributed by atoms with van der Waals surface area (Å²) in [5, 5.41) is 14.5. The Labute approximate surface area is 160 Å². The van der Waals surface area contributed by atoms with Crippen LogP contribution in [0.1, 0.15) is 39.7 Å². The summed E-state index contributed by atoms with van der Waals surface area (Å²) in [7, 11) is 0. The number of hydrogen-bond donors (Lipinski definition) is 4. The van der Waals surface area contributed by atoms with E-state index in [1.807, 2.05) is 44.2 Å². The summed E-state index contributed by atoms with van der Waals surface area (Å²) in [6.45, 7) is 7.27. The predicted octanol–water partition coefficient (Wildman–Crippen LogP) is 1.31. The van der Waals surface area contributed by atoms with Crippen LogP contribution < -0.4 is 16.4 Å². The van der Waals surface area contributed by atoms with Crippen LogP contribution in [0.25, 0.3) is 0 Å². The molecule has 0 heterocycles. The number of carboxylic acids is 1. The first-order chi connectivity index (χ1) is 12.6. The number of benzene rings is 1. The number of nitrogens with two attached hydrogens (primary N) is 1. The molecule has 5 N–H and O–H groups in total. The third-order valence-electron chi connectivity index (χ3n) is 4.21. The first-order valence-electron chi connectivity index (χ1n) is 9.24. The Balaban J connectivity index is 2.79. The van der Waals surface area contributed by atoms with Crippen molar-refractivity contribution >= 4 is 17.8 Å². The zero-order chi connectivity index (χ0) is 20.6. The van der Waals surface area contributed by atoms with Crippen molar-refractivity contribution in [2.75, 3.05) is 0 Å². The first-order valence-corrected chi connectivity index (χ1v) is 9.24. The second-order valence-electron chi connectivity index (χ2n) is 7.56. The Bertz CT molecular complexity index is 631. The van der Waals surface area contributed by atoms with E-state index in [1.165, 1.54) is 0 Å². The molecule has 0 aliphatic carbocycles. The molecule has 150 valence electrons. The summed E-state index contributed by atoms with van der Waals surface area (Å²) in [4.78, 5) is 36.4. The Kier molecular flexibility index (Phi) is 8.94. The summed E-state index contributed by atoms with van der Waals surface area (Å²) in [6, 6.07) is 6.74. The van der Waals surface area contributed by atoms with Crippen molar-refractivity contribution in [2.24, 2.45) is 17.6 Å². The number of aliphatic carboxylic acids is 1. The highest BCUT2D eigenvalue weighted by molar-refractivity contribution is 5.91. The molecule has 1 aromatic rings. The van der Waals surface area contributed by atoms with Crippen LogP contribution in [0.15, 0.2) is 30.3 Å². The van der Waals surface area contributed by atoms with E-state index in [1.54, 1.807) is 13.8 Å². The molecule has 0 aromatic heterocycles. The summed E-state index contributed by atoms with van der Waals surface area (Å²) in [6.07, 6.45) is 0.743. The molecular weight excluding hydrogens is 346 g/mol. The molecule has 0 aliphatic heterocycles. The first kappa shape index (κ1) is 22.6. The van der Waals surface area contributed by atoms with Crippen LogP contribution in [0, 0.1) is 11.8 Å². The minimum absolute atomic E-state index is 0.133. The molecular formula is C20H31N3O4. The van der Waals surface area contributed by atoms with Gasteiger partial charge in [0.1, 0.15) is 12.1 Å². The van der Waals surface area contributed by atoms with Crippen LogP contribution >= 0.6 is 0 Å². The van der Waals surface area contributed by atoms with Crippen molar-refractivity contribution in [1.29, 1.82) is 0 Å². The van der Waals surface area contributed by atoms with Gasteiger partial charge < -0.3 is 21.5 Å². The zero-order valence-corrected chi connectivity index (χ0v) is 16.4. The topological polar surface area (TPSA) is 122 Å². The van der Waals surface area contributed by atoms with E-state index in [4.69, 9.17) is 5.73 Å². The van der Waals surface area contributed by atoms with E-state index < -0.39 is 35.9 Å². The van der Waals surface area contributed by atoms with Gasteiger partial charge in [-0.15, -0.1) is 0 Å². The normalized spacial score (nSPS) is 14.5. The Morgan fingerprint density at radius 3 is 2.07 bits per heavy atom. The second-order valence-corrected chi connectivity index (χ2v) is 7.56. The summed E-state index contributed by atoms with van der Waals surface area (Å²) < 4.78 is 0. The van der Waals surface area contributed by atoms with Gasteiger partial charge in [-0.1, -0.05) is 58.0 Å². The van der Waals surface area contributed by atoms with Gasteiger partial charge in [0.2, 0.25) is 11.8 Å². The van der Waals surface area contributed by atoms with Crippen LogP contribution in [0.2, 0.25) is 0 Å². The van der Waals surface area contributed by atoms with Gasteiger partial charge in [0.05, 0.1) is 6.04 Å². The molecule has 0 spiro atoms. The van der Waals surface area contributed by atoms with Gasteiger partial charge in [0, 0.05) is 0 Å². The number of carboxylic acid groups (broad SMARTS) is 1. The zero-order valence-electron chi connectivity index (χ0n) is 16.4. The van der Waals surface area contributed by atoms with Crippen molar-refractivity contribution < 1.29 is 19.5 Å². The molecule has 0 aliphatic rings. The van der Waals surface area contributed by atoms with Crippen LogP contribution in [0.3, 0.4) is 0 Å². The van der Waals surface area contributed by atoms with Gasteiger partial charge in [-0.25, -0.2) is 4.79 Å². The lowest BCUT2D eigenvalue weighted by molar-refractivity contribution is -0.143. The smallest absolute Gasteiger partial charge is 0.326 e. The van der Waals surface area contributed by atoms with E-state index in [0.717, 1.165) is 5.56 Å². The van der Waals surface area contributed by atoms with Gasteiger partial charge >= 0.3 is 5.97 Å². The predicted molar refractivity (Wildman–Crippen MR) is 104 cm³/mol. The number of carbonyl (C=O) groups excluding carboxylic acids is 2. The molecule has 0 saturated carbocycles. The minimum atomic E-state index is -1.10. The van der Waals surface area contributed by atoms with Crippen LogP contribution in [0.4, 0.5) is 0 Å². The summed E-state index contributed by atoms with van der Waals surface area (Å²) in [5.74, 6) is -2.19. The van der Waals surface area contributed by atoms with Crippen molar-refractivity contribution in [3.63, 3.8) is 0 Å². The molecule has 3 atom stereocenters. The van der Waals surface area contributed by atoms with Gasteiger partial charge in [0.15, 0.2) is 0 Å². The SMILES string of the molecule is CC(C)CC(NC(=O)C(N)Cc1ccccc1)C(=O)NC(C(=O)O)C(C)C. The molecule has 1 aromatic carbocycles. The molecule has 0 saturated heterocycles. The third-order valence-corrected chi connectivity index (χ3v) is 4.21. The van der Waals surface area contributed by atoms with Gasteiger partial charge in [0.25, 0.3) is 0 Å². The Hall–Kier alpha value is -2.41. The minimum Gasteiger partial charge on any atom is -0.480 e. The van der Waals surface area contributed by atoms with E-state index >= 15 is 0 Å². The monoisotopic (exact) mass is 377 g/mol. The van der Waals surface area contributed by atoms with Crippen LogP contribution in [-0.2, 0) is 20.8 Å². The molecule has 0 bridgehead atoms. The fraction of sp³-hybridized carbons (Fsp3) is 0.550.